The monoisotopic (exact) mass is 269 g/mol. The molecule has 1 N–H and O–H groups in total. The summed E-state index contributed by atoms with van der Waals surface area (Å²) in [6.45, 7) is 2.78. The molecular weight excluding hydrogens is 249 g/mol. The van der Waals surface area contributed by atoms with Gasteiger partial charge in [0.2, 0.25) is 0 Å². The smallest absolute Gasteiger partial charge is 0.123 e. The van der Waals surface area contributed by atoms with Gasteiger partial charge in [0, 0.05) is 34.9 Å². The second-order valence-corrected chi connectivity index (χ2v) is 6.67. The van der Waals surface area contributed by atoms with Gasteiger partial charge in [-0.2, -0.15) is 0 Å². The average molecular weight is 269 g/mol. The highest BCUT2D eigenvalue weighted by molar-refractivity contribution is 7.84. The van der Waals surface area contributed by atoms with Crippen molar-refractivity contribution < 1.29 is 8.60 Å². The van der Waals surface area contributed by atoms with Crippen molar-refractivity contribution in [3.05, 3.63) is 35.6 Å². The Labute approximate surface area is 110 Å². The Morgan fingerprint density at radius 3 is 2.61 bits per heavy atom. The Balaban J connectivity index is 1.67. The molecule has 0 spiro atoms. The molecule has 1 saturated carbocycles. The van der Waals surface area contributed by atoms with Crippen molar-refractivity contribution in [2.45, 2.75) is 31.7 Å². The molecule has 1 aromatic carbocycles. The van der Waals surface area contributed by atoms with Gasteiger partial charge in [-0.15, -0.1) is 0 Å². The summed E-state index contributed by atoms with van der Waals surface area (Å²) in [4.78, 5) is 0. The third-order valence-corrected chi connectivity index (χ3v) is 4.87. The number of rotatable bonds is 6. The molecule has 1 aliphatic carbocycles. The molecular formula is C14H20FNOS. The quantitative estimate of drug-likeness (QED) is 0.859. The Morgan fingerprint density at radius 2 is 2.00 bits per heavy atom. The molecule has 2 rings (SSSR count). The second kappa shape index (κ2) is 6.43. The van der Waals surface area contributed by atoms with Crippen LogP contribution in [0.25, 0.3) is 0 Å². The minimum atomic E-state index is -0.673. The minimum Gasteiger partial charge on any atom is -0.313 e. The zero-order valence-corrected chi connectivity index (χ0v) is 11.5. The molecule has 18 heavy (non-hydrogen) atoms. The van der Waals surface area contributed by atoms with Gasteiger partial charge >= 0.3 is 0 Å². The van der Waals surface area contributed by atoms with E-state index in [0.29, 0.717) is 12.0 Å². The van der Waals surface area contributed by atoms with Gasteiger partial charge in [-0.1, -0.05) is 19.1 Å². The van der Waals surface area contributed by atoms with Crippen LogP contribution in [-0.4, -0.2) is 28.3 Å². The molecule has 1 aliphatic rings. The number of nitrogens with one attached hydrogen (secondary N) is 1. The van der Waals surface area contributed by atoms with Crippen LogP contribution in [0.4, 0.5) is 4.39 Å². The van der Waals surface area contributed by atoms with Gasteiger partial charge in [-0.25, -0.2) is 4.39 Å². The summed E-state index contributed by atoms with van der Waals surface area (Å²) in [7, 11) is -0.673. The van der Waals surface area contributed by atoms with Crippen LogP contribution in [0.1, 0.15) is 31.2 Å². The van der Waals surface area contributed by atoms with Crippen molar-refractivity contribution in [3.8, 4) is 0 Å². The number of hydrogen-bond acceptors (Lipinski definition) is 2. The fourth-order valence-electron chi connectivity index (χ4n) is 2.31. The molecule has 1 fully saturated rings. The summed E-state index contributed by atoms with van der Waals surface area (Å²) in [6.07, 6.45) is 2.20. The summed E-state index contributed by atoms with van der Waals surface area (Å²) >= 11 is 0. The molecule has 1 aromatic rings. The SMILES string of the molecule is CCS(=O)CCNC1CC(c2ccc(F)cc2)C1. The highest BCUT2D eigenvalue weighted by atomic mass is 32.2. The zero-order chi connectivity index (χ0) is 13.0. The van der Waals surface area contributed by atoms with Gasteiger partial charge in [0.05, 0.1) is 0 Å². The Hall–Kier alpha value is -0.740. The number of benzene rings is 1. The lowest BCUT2D eigenvalue weighted by Gasteiger charge is -2.36. The Kier molecular flexibility index (Phi) is 4.89. The summed E-state index contributed by atoms with van der Waals surface area (Å²) in [6, 6.07) is 7.35. The first-order valence-corrected chi connectivity index (χ1v) is 8.01. The number of hydrogen-bond donors (Lipinski definition) is 1. The summed E-state index contributed by atoms with van der Waals surface area (Å²) in [5.41, 5.74) is 1.23. The standard InChI is InChI=1S/C14H20FNOS/c1-2-18(17)8-7-16-14-9-12(10-14)11-3-5-13(15)6-4-11/h3-6,12,14,16H,2,7-10H2,1H3. The van der Waals surface area contributed by atoms with Crippen LogP contribution in [0, 0.1) is 5.82 Å². The molecule has 0 aromatic heterocycles. The van der Waals surface area contributed by atoms with E-state index < -0.39 is 10.8 Å². The van der Waals surface area contributed by atoms with E-state index in [2.05, 4.69) is 5.32 Å². The van der Waals surface area contributed by atoms with Crippen molar-refractivity contribution in [1.29, 1.82) is 0 Å². The van der Waals surface area contributed by atoms with E-state index in [1.807, 2.05) is 19.1 Å². The minimum absolute atomic E-state index is 0.171. The van der Waals surface area contributed by atoms with E-state index in [0.717, 1.165) is 30.9 Å². The van der Waals surface area contributed by atoms with E-state index >= 15 is 0 Å². The van der Waals surface area contributed by atoms with Crippen molar-refractivity contribution >= 4 is 10.8 Å². The molecule has 0 amide bonds. The van der Waals surface area contributed by atoms with Crippen LogP contribution in [0.5, 0.6) is 0 Å². The lowest BCUT2D eigenvalue weighted by atomic mass is 9.76. The lowest BCUT2D eigenvalue weighted by molar-refractivity contribution is 0.296. The van der Waals surface area contributed by atoms with E-state index in [-0.39, 0.29) is 5.82 Å². The van der Waals surface area contributed by atoms with Crippen LogP contribution >= 0.6 is 0 Å². The fourth-order valence-corrected chi connectivity index (χ4v) is 2.95. The predicted molar refractivity (Wildman–Crippen MR) is 73.7 cm³/mol. The topological polar surface area (TPSA) is 29.1 Å². The van der Waals surface area contributed by atoms with Crippen molar-refractivity contribution in [1.82, 2.24) is 5.32 Å². The number of halogens is 1. The van der Waals surface area contributed by atoms with Crippen LogP contribution < -0.4 is 5.32 Å². The summed E-state index contributed by atoms with van der Waals surface area (Å²) in [5, 5.41) is 3.43. The molecule has 0 bridgehead atoms. The molecule has 2 nitrogen and oxygen atoms in total. The fraction of sp³-hybridized carbons (Fsp3) is 0.571. The largest absolute Gasteiger partial charge is 0.313 e. The van der Waals surface area contributed by atoms with Gasteiger partial charge < -0.3 is 5.32 Å². The lowest BCUT2D eigenvalue weighted by Crippen LogP contribution is -2.41. The van der Waals surface area contributed by atoms with Gasteiger partial charge in [0.1, 0.15) is 5.82 Å². The van der Waals surface area contributed by atoms with Gasteiger partial charge in [0.15, 0.2) is 0 Å². The molecule has 100 valence electrons. The van der Waals surface area contributed by atoms with Crippen LogP contribution in [-0.2, 0) is 10.8 Å². The molecule has 1 unspecified atom stereocenters. The first kappa shape index (κ1) is 13.7. The maximum absolute atomic E-state index is 12.8. The zero-order valence-electron chi connectivity index (χ0n) is 10.7. The second-order valence-electron chi connectivity index (χ2n) is 4.80. The van der Waals surface area contributed by atoms with Gasteiger partial charge in [-0.05, 0) is 36.5 Å². The van der Waals surface area contributed by atoms with Crippen LogP contribution in [0.2, 0.25) is 0 Å². The van der Waals surface area contributed by atoms with Gasteiger partial charge in [-0.3, -0.25) is 4.21 Å². The highest BCUT2D eigenvalue weighted by Gasteiger charge is 2.29. The average Bonchev–Trinajstić information content (AvgIpc) is 2.33. The maximum atomic E-state index is 12.8. The first-order valence-electron chi connectivity index (χ1n) is 6.53. The third-order valence-electron chi connectivity index (χ3n) is 3.56. The predicted octanol–water partition coefficient (Wildman–Crippen LogP) is 2.43. The van der Waals surface area contributed by atoms with E-state index in [1.54, 1.807) is 0 Å². The molecule has 0 radical (unpaired) electrons. The van der Waals surface area contributed by atoms with E-state index in [9.17, 15) is 8.60 Å². The summed E-state index contributed by atoms with van der Waals surface area (Å²) in [5.74, 6) is 1.87. The van der Waals surface area contributed by atoms with Crippen molar-refractivity contribution in [3.63, 3.8) is 0 Å². The highest BCUT2D eigenvalue weighted by Crippen LogP contribution is 2.36. The van der Waals surface area contributed by atoms with Crippen molar-refractivity contribution in [2.75, 3.05) is 18.1 Å². The Bertz CT molecular complexity index is 401. The molecule has 4 heteroatoms. The first-order chi connectivity index (χ1) is 8.69. The van der Waals surface area contributed by atoms with Crippen molar-refractivity contribution in [2.24, 2.45) is 0 Å². The molecule has 0 aliphatic heterocycles. The molecule has 1 atom stereocenters. The molecule has 0 saturated heterocycles. The summed E-state index contributed by atoms with van der Waals surface area (Å²) < 4.78 is 24.0. The van der Waals surface area contributed by atoms with Crippen LogP contribution in [0.3, 0.4) is 0 Å². The Morgan fingerprint density at radius 1 is 1.33 bits per heavy atom. The molecule has 0 heterocycles. The van der Waals surface area contributed by atoms with E-state index in [4.69, 9.17) is 0 Å². The normalized spacial score (nSPS) is 24.6. The van der Waals surface area contributed by atoms with Crippen LogP contribution in [0.15, 0.2) is 24.3 Å². The third kappa shape index (κ3) is 3.62. The van der Waals surface area contributed by atoms with Gasteiger partial charge in [0.25, 0.3) is 0 Å². The van der Waals surface area contributed by atoms with E-state index in [1.165, 1.54) is 17.7 Å². The maximum Gasteiger partial charge on any atom is 0.123 e.